The molecule has 2 amide bonds. The van der Waals surface area contributed by atoms with Gasteiger partial charge in [-0.25, -0.2) is 0 Å². The minimum atomic E-state index is -0.0742. The first-order valence-corrected chi connectivity index (χ1v) is 10.3. The first-order chi connectivity index (χ1) is 13.5. The highest BCUT2D eigenvalue weighted by atomic mass is 35.5. The molecule has 2 aromatic carbocycles. The summed E-state index contributed by atoms with van der Waals surface area (Å²) < 4.78 is 0. The Hall–Kier alpha value is -2.04. The van der Waals surface area contributed by atoms with Gasteiger partial charge in [0.2, 0.25) is 0 Å². The van der Waals surface area contributed by atoms with Crippen molar-refractivity contribution < 1.29 is 9.59 Å². The molecule has 1 fully saturated rings. The van der Waals surface area contributed by atoms with Crippen LogP contribution in [0, 0.1) is 11.8 Å². The average Bonchev–Trinajstić information content (AvgIpc) is 2.71. The lowest BCUT2D eigenvalue weighted by molar-refractivity contribution is 0.0935. The molecule has 1 saturated carbocycles. The van der Waals surface area contributed by atoms with Crippen molar-refractivity contribution in [1.82, 2.24) is 10.6 Å². The number of nitrogens with one attached hydrogen (secondary N) is 2. The van der Waals surface area contributed by atoms with E-state index in [1.165, 1.54) is 0 Å². The molecule has 0 heterocycles. The van der Waals surface area contributed by atoms with Crippen LogP contribution in [-0.2, 0) is 0 Å². The third-order valence-electron chi connectivity index (χ3n) is 5.21. The molecule has 4 nitrogen and oxygen atoms in total. The number of benzene rings is 2. The highest BCUT2D eigenvalue weighted by Gasteiger charge is 2.23. The molecule has 0 saturated heterocycles. The minimum Gasteiger partial charge on any atom is -0.352 e. The van der Waals surface area contributed by atoms with Crippen molar-refractivity contribution in [3.05, 3.63) is 69.7 Å². The molecule has 0 bridgehead atoms. The van der Waals surface area contributed by atoms with E-state index in [9.17, 15) is 9.59 Å². The monoisotopic (exact) mass is 418 g/mol. The molecule has 1 aliphatic rings. The first kappa shape index (κ1) is 20.7. The van der Waals surface area contributed by atoms with Crippen molar-refractivity contribution in [3.63, 3.8) is 0 Å². The molecule has 2 N–H and O–H groups in total. The molecule has 1 aliphatic carbocycles. The SMILES string of the molecule is O=C(NCC1CCCC(CNC(=O)c2ccc(Cl)cc2)C1)c1ccc(Cl)cc1. The Labute approximate surface area is 175 Å². The van der Waals surface area contributed by atoms with Crippen LogP contribution in [0.1, 0.15) is 46.4 Å². The summed E-state index contributed by atoms with van der Waals surface area (Å²) in [5, 5.41) is 7.28. The predicted molar refractivity (Wildman–Crippen MR) is 113 cm³/mol. The number of halogens is 2. The van der Waals surface area contributed by atoms with Crippen molar-refractivity contribution >= 4 is 35.0 Å². The molecule has 0 aliphatic heterocycles. The number of hydrogen-bond acceptors (Lipinski definition) is 2. The van der Waals surface area contributed by atoms with Gasteiger partial charge in [0.15, 0.2) is 0 Å². The molecule has 3 rings (SSSR count). The van der Waals surface area contributed by atoms with Gasteiger partial charge in [0.25, 0.3) is 11.8 Å². The van der Waals surface area contributed by atoms with Crippen LogP contribution < -0.4 is 10.6 Å². The molecule has 28 heavy (non-hydrogen) atoms. The number of carbonyl (C=O) groups is 2. The summed E-state index contributed by atoms with van der Waals surface area (Å²) in [5.41, 5.74) is 1.24. The van der Waals surface area contributed by atoms with E-state index in [0.717, 1.165) is 25.7 Å². The summed E-state index contributed by atoms with van der Waals surface area (Å²) in [6, 6.07) is 13.8. The second-order valence-corrected chi connectivity index (χ2v) is 8.21. The number of hydrogen-bond donors (Lipinski definition) is 2. The van der Waals surface area contributed by atoms with Crippen LogP contribution in [0.25, 0.3) is 0 Å². The smallest absolute Gasteiger partial charge is 0.251 e. The van der Waals surface area contributed by atoms with Gasteiger partial charge in [-0.05, 0) is 79.6 Å². The second kappa shape index (κ2) is 9.94. The van der Waals surface area contributed by atoms with E-state index < -0.39 is 0 Å². The molecule has 2 atom stereocenters. The van der Waals surface area contributed by atoms with Gasteiger partial charge in [0.05, 0.1) is 0 Å². The van der Waals surface area contributed by atoms with Gasteiger partial charge in [0, 0.05) is 34.3 Å². The fourth-order valence-electron chi connectivity index (χ4n) is 3.65. The molecular formula is C22H24Cl2N2O2. The van der Waals surface area contributed by atoms with Crippen molar-refractivity contribution in [1.29, 1.82) is 0 Å². The van der Waals surface area contributed by atoms with Gasteiger partial charge in [-0.2, -0.15) is 0 Å². The second-order valence-electron chi connectivity index (χ2n) is 7.33. The molecule has 2 aromatic rings. The molecular weight excluding hydrogens is 395 g/mol. The van der Waals surface area contributed by atoms with Crippen LogP contribution in [0.15, 0.2) is 48.5 Å². The van der Waals surface area contributed by atoms with Gasteiger partial charge in [-0.3, -0.25) is 9.59 Å². The zero-order valence-corrected chi connectivity index (χ0v) is 17.1. The first-order valence-electron chi connectivity index (χ1n) is 9.59. The largest absolute Gasteiger partial charge is 0.352 e. The van der Waals surface area contributed by atoms with Crippen molar-refractivity contribution in [3.8, 4) is 0 Å². The fraction of sp³-hybridized carbons (Fsp3) is 0.364. The highest BCUT2D eigenvalue weighted by Crippen LogP contribution is 2.28. The van der Waals surface area contributed by atoms with Gasteiger partial charge in [-0.15, -0.1) is 0 Å². The third kappa shape index (κ3) is 5.98. The fourth-order valence-corrected chi connectivity index (χ4v) is 3.91. The number of rotatable bonds is 6. The Kier molecular flexibility index (Phi) is 7.35. The normalized spacial score (nSPS) is 19.1. The van der Waals surface area contributed by atoms with Crippen molar-refractivity contribution in [2.24, 2.45) is 11.8 Å². The lowest BCUT2D eigenvalue weighted by Gasteiger charge is -2.29. The van der Waals surface area contributed by atoms with E-state index in [-0.39, 0.29) is 11.8 Å². The summed E-state index contributed by atoms with van der Waals surface area (Å²) >= 11 is 11.7. The lowest BCUT2D eigenvalue weighted by Crippen LogP contribution is -2.35. The average molecular weight is 419 g/mol. The maximum atomic E-state index is 12.3. The van der Waals surface area contributed by atoms with Crippen LogP contribution in [0.3, 0.4) is 0 Å². The summed E-state index contributed by atoms with van der Waals surface area (Å²) in [6.45, 7) is 1.31. The number of amides is 2. The molecule has 0 spiro atoms. The van der Waals surface area contributed by atoms with Crippen molar-refractivity contribution in [2.45, 2.75) is 25.7 Å². The standard InChI is InChI=1S/C22H24Cl2N2O2/c23-19-8-4-17(5-9-19)21(27)25-13-15-2-1-3-16(12-15)14-26-22(28)18-6-10-20(24)11-7-18/h4-11,15-16H,1-3,12-14H2,(H,25,27)(H,26,28). The Morgan fingerprint density at radius 3 is 1.54 bits per heavy atom. The minimum absolute atomic E-state index is 0.0742. The Bertz CT molecular complexity index is 739. The molecule has 0 radical (unpaired) electrons. The van der Waals surface area contributed by atoms with Gasteiger partial charge in [0.1, 0.15) is 0 Å². The zero-order valence-electron chi connectivity index (χ0n) is 15.6. The molecule has 0 aromatic heterocycles. The highest BCUT2D eigenvalue weighted by molar-refractivity contribution is 6.31. The summed E-state index contributed by atoms with van der Waals surface area (Å²) in [7, 11) is 0. The van der Waals surface area contributed by atoms with Gasteiger partial charge >= 0.3 is 0 Å². The Balaban J connectivity index is 1.43. The third-order valence-corrected chi connectivity index (χ3v) is 5.71. The summed E-state index contributed by atoms with van der Waals surface area (Å²) in [5.74, 6) is 0.717. The molecule has 6 heteroatoms. The maximum absolute atomic E-state index is 12.3. The maximum Gasteiger partial charge on any atom is 0.251 e. The van der Waals surface area contributed by atoms with E-state index in [1.54, 1.807) is 48.5 Å². The van der Waals surface area contributed by atoms with Gasteiger partial charge < -0.3 is 10.6 Å². The number of carbonyl (C=O) groups excluding carboxylic acids is 2. The van der Waals surface area contributed by atoms with Gasteiger partial charge in [-0.1, -0.05) is 29.6 Å². The zero-order chi connectivity index (χ0) is 19.9. The van der Waals surface area contributed by atoms with E-state index >= 15 is 0 Å². The van der Waals surface area contributed by atoms with E-state index in [0.29, 0.717) is 46.1 Å². The van der Waals surface area contributed by atoms with E-state index in [4.69, 9.17) is 23.2 Å². The quantitative estimate of drug-likeness (QED) is 0.696. The topological polar surface area (TPSA) is 58.2 Å². The molecule has 148 valence electrons. The Morgan fingerprint density at radius 2 is 1.14 bits per heavy atom. The molecule has 2 unspecified atom stereocenters. The summed E-state index contributed by atoms with van der Waals surface area (Å²) in [4.78, 5) is 24.5. The van der Waals surface area contributed by atoms with Crippen molar-refractivity contribution in [2.75, 3.05) is 13.1 Å². The van der Waals surface area contributed by atoms with Crippen LogP contribution in [0.2, 0.25) is 10.0 Å². The van der Waals surface area contributed by atoms with Crippen LogP contribution in [0.4, 0.5) is 0 Å². The van der Waals surface area contributed by atoms with E-state index in [2.05, 4.69) is 10.6 Å². The Morgan fingerprint density at radius 1 is 0.750 bits per heavy atom. The summed E-state index contributed by atoms with van der Waals surface area (Å²) in [6.07, 6.45) is 4.32. The van der Waals surface area contributed by atoms with Crippen LogP contribution in [-0.4, -0.2) is 24.9 Å². The van der Waals surface area contributed by atoms with Crippen LogP contribution in [0.5, 0.6) is 0 Å². The van der Waals surface area contributed by atoms with Crippen LogP contribution >= 0.6 is 23.2 Å². The lowest BCUT2D eigenvalue weighted by atomic mass is 9.81. The predicted octanol–water partition coefficient (Wildman–Crippen LogP) is 4.96. The van der Waals surface area contributed by atoms with E-state index in [1.807, 2.05) is 0 Å².